The van der Waals surface area contributed by atoms with Gasteiger partial charge >= 0.3 is 0 Å². The standard InChI is InChI=1S/C17H24ClN3/c1-5-15-17(18)16(21(6-2)20-15)11-19-13(4)14-9-7-12(3)8-10-14/h7-10,13,19H,5-6,11H2,1-4H3. The third kappa shape index (κ3) is 3.66. The van der Waals surface area contributed by atoms with Crippen LogP contribution in [0.1, 0.15) is 49.3 Å². The second kappa shape index (κ2) is 7.10. The molecule has 2 aromatic rings. The summed E-state index contributed by atoms with van der Waals surface area (Å²) in [5.74, 6) is 0. The Kier molecular flexibility index (Phi) is 5.43. The first-order valence-electron chi connectivity index (χ1n) is 7.60. The number of aryl methyl sites for hydroxylation is 3. The first-order valence-corrected chi connectivity index (χ1v) is 7.98. The lowest BCUT2D eigenvalue weighted by Gasteiger charge is -2.15. The molecule has 0 aliphatic heterocycles. The molecule has 1 heterocycles. The Bertz CT molecular complexity index is 587. The average Bonchev–Trinajstić information content (AvgIpc) is 2.81. The lowest BCUT2D eigenvalue weighted by atomic mass is 10.1. The molecular formula is C17H24ClN3. The minimum absolute atomic E-state index is 0.284. The highest BCUT2D eigenvalue weighted by Crippen LogP contribution is 2.22. The fraction of sp³-hybridized carbons (Fsp3) is 0.471. The summed E-state index contributed by atoms with van der Waals surface area (Å²) in [7, 11) is 0. The van der Waals surface area contributed by atoms with Gasteiger partial charge in [0.2, 0.25) is 0 Å². The largest absolute Gasteiger partial charge is 0.305 e. The monoisotopic (exact) mass is 305 g/mol. The fourth-order valence-corrected chi connectivity index (χ4v) is 2.74. The first kappa shape index (κ1) is 16.1. The highest BCUT2D eigenvalue weighted by Gasteiger charge is 2.15. The van der Waals surface area contributed by atoms with Crippen molar-refractivity contribution in [1.29, 1.82) is 0 Å². The summed E-state index contributed by atoms with van der Waals surface area (Å²) in [6.45, 7) is 10.0. The molecule has 0 bridgehead atoms. The van der Waals surface area contributed by atoms with Crippen LogP contribution in [0.2, 0.25) is 5.02 Å². The molecule has 1 N–H and O–H groups in total. The summed E-state index contributed by atoms with van der Waals surface area (Å²) >= 11 is 6.44. The van der Waals surface area contributed by atoms with Crippen molar-refractivity contribution >= 4 is 11.6 Å². The van der Waals surface area contributed by atoms with E-state index < -0.39 is 0 Å². The number of aromatic nitrogens is 2. The Morgan fingerprint density at radius 2 is 1.90 bits per heavy atom. The Labute approximate surface area is 132 Å². The zero-order chi connectivity index (χ0) is 15.4. The molecule has 0 aliphatic carbocycles. The van der Waals surface area contributed by atoms with Crippen LogP contribution in [0.5, 0.6) is 0 Å². The van der Waals surface area contributed by atoms with Crippen LogP contribution in [0.15, 0.2) is 24.3 Å². The topological polar surface area (TPSA) is 29.9 Å². The van der Waals surface area contributed by atoms with Crippen molar-refractivity contribution in [2.75, 3.05) is 0 Å². The summed E-state index contributed by atoms with van der Waals surface area (Å²) in [4.78, 5) is 0. The molecule has 3 nitrogen and oxygen atoms in total. The lowest BCUT2D eigenvalue weighted by Crippen LogP contribution is -2.20. The lowest BCUT2D eigenvalue weighted by molar-refractivity contribution is 0.530. The number of benzene rings is 1. The number of hydrogen-bond donors (Lipinski definition) is 1. The van der Waals surface area contributed by atoms with E-state index in [4.69, 9.17) is 11.6 Å². The minimum Gasteiger partial charge on any atom is -0.305 e. The molecule has 1 aromatic heterocycles. The van der Waals surface area contributed by atoms with Gasteiger partial charge in [-0.25, -0.2) is 0 Å². The number of halogens is 1. The van der Waals surface area contributed by atoms with Gasteiger partial charge in [0.25, 0.3) is 0 Å². The quantitative estimate of drug-likeness (QED) is 0.863. The van der Waals surface area contributed by atoms with Crippen molar-refractivity contribution in [2.24, 2.45) is 0 Å². The van der Waals surface area contributed by atoms with Crippen molar-refractivity contribution in [1.82, 2.24) is 15.1 Å². The molecule has 1 unspecified atom stereocenters. The van der Waals surface area contributed by atoms with Crippen LogP contribution < -0.4 is 5.32 Å². The van der Waals surface area contributed by atoms with E-state index in [0.29, 0.717) is 0 Å². The van der Waals surface area contributed by atoms with Crippen molar-refractivity contribution in [3.05, 3.63) is 51.8 Å². The van der Waals surface area contributed by atoms with Gasteiger partial charge in [-0.3, -0.25) is 4.68 Å². The summed E-state index contributed by atoms with van der Waals surface area (Å²) in [5.41, 5.74) is 4.63. The highest BCUT2D eigenvalue weighted by molar-refractivity contribution is 6.31. The van der Waals surface area contributed by atoms with Crippen LogP contribution in [-0.4, -0.2) is 9.78 Å². The van der Waals surface area contributed by atoms with Gasteiger partial charge in [0.15, 0.2) is 0 Å². The Hall–Kier alpha value is -1.32. The summed E-state index contributed by atoms with van der Waals surface area (Å²) in [6.07, 6.45) is 0.867. The van der Waals surface area contributed by atoms with Gasteiger partial charge < -0.3 is 5.32 Å². The molecule has 2 rings (SSSR count). The third-order valence-electron chi connectivity index (χ3n) is 3.85. The molecule has 0 aliphatic rings. The highest BCUT2D eigenvalue weighted by atomic mass is 35.5. The second-order valence-electron chi connectivity index (χ2n) is 5.39. The number of nitrogens with zero attached hydrogens (tertiary/aromatic N) is 2. The minimum atomic E-state index is 0.284. The fourth-order valence-electron chi connectivity index (χ4n) is 2.41. The summed E-state index contributed by atoms with van der Waals surface area (Å²) < 4.78 is 2.00. The molecule has 0 saturated carbocycles. The van der Waals surface area contributed by atoms with Crippen LogP contribution in [0, 0.1) is 6.92 Å². The van der Waals surface area contributed by atoms with Gasteiger partial charge in [-0.2, -0.15) is 5.10 Å². The van der Waals surface area contributed by atoms with Gasteiger partial charge in [0.1, 0.15) is 0 Å². The molecule has 0 fully saturated rings. The zero-order valence-corrected chi connectivity index (χ0v) is 14.0. The molecule has 21 heavy (non-hydrogen) atoms. The number of nitrogens with one attached hydrogen (secondary N) is 1. The van der Waals surface area contributed by atoms with Gasteiger partial charge in [-0.1, -0.05) is 48.4 Å². The van der Waals surface area contributed by atoms with Crippen molar-refractivity contribution < 1.29 is 0 Å². The van der Waals surface area contributed by atoms with E-state index in [1.807, 2.05) is 4.68 Å². The molecule has 4 heteroatoms. The molecular weight excluding hydrogens is 282 g/mol. The van der Waals surface area contributed by atoms with E-state index in [1.165, 1.54) is 11.1 Å². The third-order valence-corrected chi connectivity index (χ3v) is 4.28. The number of hydrogen-bond acceptors (Lipinski definition) is 2. The average molecular weight is 306 g/mol. The van der Waals surface area contributed by atoms with Crippen molar-refractivity contribution in [3.8, 4) is 0 Å². The first-order chi connectivity index (χ1) is 10.1. The van der Waals surface area contributed by atoms with E-state index in [2.05, 4.69) is 62.4 Å². The summed E-state index contributed by atoms with van der Waals surface area (Å²) in [5, 5.41) is 8.90. The molecule has 1 aromatic carbocycles. The van der Waals surface area contributed by atoms with Gasteiger partial charge in [-0.05, 0) is 32.8 Å². The molecule has 0 spiro atoms. The molecule has 114 valence electrons. The van der Waals surface area contributed by atoms with E-state index in [9.17, 15) is 0 Å². The van der Waals surface area contributed by atoms with Gasteiger partial charge in [-0.15, -0.1) is 0 Å². The van der Waals surface area contributed by atoms with E-state index in [1.54, 1.807) is 0 Å². The second-order valence-corrected chi connectivity index (χ2v) is 5.77. The van der Waals surface area contributed by atoms with Crippen LogP contribution in [0.25, 0.3) is 0 Å². The molecule has 1 atom stereocenters. The smallest absolute Gasteiger partial charge is 0.0863 e. The van der Waals surface area contributed by atoms with Crippen LogP contribution in [0.4, 0.5) is 0 Å². The van der Waals surface area contributed by atoms with E-state index in [0.717, 1.165) is 35.9 Å². The van der Waals surface area contributed by atoms with Crippen LogP contribution >= 0.6 is 11.6 Å². The maximum atomic E-state index is 6.44. The predicted octanol–water partition coefficient (Wildman–Crippen LogP) is 4.28. The zero-order valence-electron chi connectivity index (χ0n) is 13.3. The molecule has 0 saturated heterocycles. The maximum absolute atomic E-state index is 6.44. The van der Waals surface area contributed by atoms with Gasteiger partial charge in [0.05, 0.1) is 16.4 Å². The SMILES string of the molecule is CCc1nn(CC)c(CNC(C)c2ccc(C)cc2)c1Cl. The Balaban J connectivity index is 2.09. The van der Waals surface area contributed by atoms with Crippen LogP contribution in [-0.2, 0) is 19.5 Å². The van der Waals surface area contributed by atoms with Crippen molar-refractivity contribution in [3.63, 3.8) is 0 Å². The summed E-state index contributed by atoms with van der Waals surface area (Å²) in [6, 6.07) is 8.91. The Morgan fingerprint density at radius 3 is 2.48 bits per heavy atom. The van der Waals surface area contributed by atoms with Crippen molar-refractivity contribution in [2.45, 2.75) is 53.2 Å². The predicted molar refractivity (Wildman–Crippen MR) is 88.7 cm³/mol. The maximum Gasteiger partial charge on any atom is 0.0863 e. The number of rotatable bonds is 6. The van der Waals surface area contributed by atoms with E-state index >= 15 is 0 Å². The molecule has 0 radical (unpaired) electrons. The van der Waals surface area contributed by atoms with Gasteiger partial charge in [0, 0.05) is 19.1 Å². The van der Waals surface area contributed by atoms with Crippen LogP contribution in [0.3, 0.4) is 0 Å². The van der Waals surface area contributed by atoms with E-state index in [-0.39, 0.29) is 6.04 Å². The normalized spacial score (nSPS) is 12.6. The molecule has 0 amide bonds. The Morgan fingerprint density at radius 1 is 1.24 bits per heavy atom.